The van der Waals surface area contributed by atoms with Crippen molar-refractivity contribution in [3.05, 3.63) is 46.0 Å². The highest BCUT2D eigenvalue weighted by molar-refractivity contribution is 6.35. The Morgan fingerprint density at radius 2 is 2.22 bits per heavy atom. The monoisotopic (exact) mass is 284 g/mol. The van der Waals surface area contributed by atoms with Gasteiger partial charge in [-0.2, -0.15) is 5.10 Å². The minimum atomic E-state index is -0.294. The number of benzene rings is 1. The van der Waals surface area contributed by atoms with Crippen molar-refractivity contribution in [2.75, 3.05) is 6.54 Å². The second-order valence-corrected chi connectivity index (χ2v) is 4.42. The summed E-state index contributed by atoms with van der Waals surface area (Å²) < 4.78 is 0. The smallest absolute Gasteiger partial charge is 0.288 e. The summed E-state index contributed by atoms with van der Waals surface area (Å²) in [4.78, 5) is 15.3. The van der Waals surface area contributed by atoms with Crippen LogP contribution < -0.4 is 5.32 Å². The van der Waals surface area contributed by atoms with Gasteiger partial charge in [0.15, 0.2) is 0 Å². The van der Waals surface area contributed by atoms with E-state index in [1.54, 1.807) is 12.1 Å². The molecule has 2 rings (SSSR count). The lowest BCUT2D eigenvalue weighted by atomic mass is 10.1. The molecule has 1 amide bonds. The molecular weight excluding hydrogens is 275 g/mol. The van der Waals surface area contributed by atoms with Crippen LogP contribution in [0.4, 0.5) is 0 Å². The molecule has 5 nitrogen and oxygen atoms in total. The molecule has 0 saturated heterocycles. The van der Waals surface area contributed by atoms with Crippen LogP contribution in [0, 0.1) is 0 Å². The van der Waals surface area contributed by atoms with Crippen LogP contribution in [0.3, 0.4) is 0 Å². The number of hydrogen-bond acceptors (Lipinski definition) is 3. The van der Waals surface area contributed by atoms with Crippen LogP contribution in [0.25, 0.3) is 0 Å². The van der Waals surface area contributed by atoms with Gasteiger partial charge in [0.2, 0.25) is 5.82 Å². The third-order valence-electron chi connectivity index (χ3n) is 2.33. The Morgan fingerprint density at radius 1 is 1.39 bits per heavy atom. The quantitative estimate of drug-likeness (QED) is 0.903. The summed E-state index contributed by atoms with van der Waals surface area (Å²) in [5.74, 6) is -0.102. The molecule has 2 N–H and O–H groups in total. The van der Waals surface area contributed by atoms with E-state index in [9.17, 15) is 4.79 Å². The largest absolute Gasteiger partial charge is 0.349 e. The van der Waals surface area contributed by atoms with Gasteiger partial charge in [-0.05, 0) is 24.1 Å². The highest BCUT2D eigenvalue weighted by Gasteiger charge is 2.08. The number of halogens is 2. The molecule has 0 aliphatic rings. The molecule has 0 saturated carbocycles. The third kappa shape index (κ3) is 3.21. The van der Waals surface area contributed by atoms with E-state index in [-0.39, 0.29) is 11.7 Å². The van der Waals surface area contributed by atoms with Crippen LogP contribution in [0.1, 0.15) is 16.2 Å². The summed E-state index contributed by atoms with van der Waals surface area (Å²) >= 11 is 11.8. The van der Waals surface area contributed by atoms with Crippen molar-refractivity contribution in [3.8, 4) is 0 Å². The van der Waals surface area contributed by atoms with Gasteiger partial charge in [-0.15, -0.1) is 0 Å². The van der Waals surface area contributed by atoms with Gasteiger partial charge >= 0.3 is 0 Å². The molecule has 94 valence electrons. The lowest BCUT2D eigenvalue weighted by Crippen LogP contribution is -2.26. The first-order valence-corrected chi connectivity index (χ1v) is 6.00. The molecule has 1 heterocycles. The van der Waals surface area contributed by atoms with E-state index in [2.05, 4.69) is 20.5 Å². The third-order valence-corrected chi connectivity index (χ3v) is 2.91. The second kappa shape index (κ2) is 5.84. The van der Waals surface area contributed by atoms with Gasteiger partial charge in [-0.25, -0.2) is 4.98 Å². The molecule has 0 atom stereocenters. The molecule has 1 aromatic heterocycles. The zero-order valence-corrected chi connectivity index (χ0v) is 10.8. The summed E-state index contributed by atoms with van der Waals surface area (Å²) in [5, 5.41) is 9.99. The summed E-state index contributed by atoms with van der Waals surface area (Å²) in [6.07, 6.45) is 1.90. The minimum absolute atomic E-state index is 0.192. The lowest BCUT2D eigenvalue weighted by Gasteiger charge is -2.05. The maximum absolute atomic E-state index is 11.5. The van der Waals surface area contributed by atoms with Gasteiger partial charge in [0, 0.05) is 16.6 Å². The van der Waals surface area contributed by atoms with Gasteiger partial charge in [0.05, 0.1) is 0 Å². The fraction of sp³-hybridized carbons (Fsp3) is 0.182. The topological polar surface area (TPSA) is 70.7 Å². The Balaban J connectivity index is 1.87. The number of amides is 1. The summed E-state index contributed by atoms with van der Waals surface area (Å²) in [6.45, 7) is 0.459. The highest BCUT2D eigenvalue weighted by atomic mass is 35.5. The van der Waals surface area contributed by atoms with E-state index in [4.69, 9.17) is 23.2 Å². The van der Waals surface area contributed by atoms with E-state index in [0.29, 0.717) is 23.0 Å². The average Bonchev–Trinajstić information content (AvgIpc) is 2.85. The molecule has 0 unspecified atom stereocenters. The maximum Gasteiger partial charge on any atom is 0.288 e. The van der Waals surface area contributed by atoms with E-state index in [1.165, 1.54) is 6.33 Å². The van der Waals surface area contributed by atoms with Crippen molar-refractivity contribution in [2.45, 2.75) is 6.42 Å². The Morgan fingerprint density at radius 3 is 2.89 bits per heavy atom. The van der Waals surface area contributed by atoms with E-state index in [1.807, 2.05) is 6.07 Å². The van der Waals surface area contributed by atoms with Crippen molar-refractivity contribution in [1.82, 2.24) is 20.5 Å². The van der Waals surface area contributed by atoms with Crippen molar-refractivity contribution in [3.63, 3.8) is 0 Å². The first kappa shape index (κ1) is 12.9. The molecule has 0 bridgehead atoms. The summed E-state index contributed by atoms with van der Waals surface area (Å²) in [6, 6.07) is 5.28. The molecule has 2 aromatic rings. The fourth-order valence-electron chi connectivity index (χ4n) is 1.43. The fourth-order valence-corrected chi connectivity index (χ4v) is 1.94. The van der Waals surface area contributed by atoms with Crippen LogP contribution in [-0.2, 0) is 6.42 Å². The predicted molar refractivity (Wildman–Crippen MR) is 68.9 cm³/mol. The Kier molecular flexibility index (Phi) is 4.17. The van der Waals surface area contributed by atoms with E-state index in [0.717, 1.165) is 5.56 Å². The Hall–Kier alpha value is -1.59. The number of carbonyl (C=O) groups excluding carboxylic acids is 1. The molecule has 18 heavy (non-hydrogen) atoms. The van der Waals surface area contributed by atoms with E-state index < -0.39 is 0 Å². The van der Waals surface area contributed by atoms with E-state index >= 15 is 0 Å². The molecular formula is C11H10Cl2N4O. The normalized spacial score (nSPS) is 10.3. The number of aromatic amines is 1. The Bertz CT molecular complexity index is 542. The van der Waals surface area contributed by atoms with Gasteiger partial charge < -0.3 is 5.32 Å². The number of aromatic nitrogens is 3. The van der Waals surface area contributed by atoms with Crippen molar-refractivity contribution in [1.29, 1.82) is 0 Å². The highest BCUT2D eigenvalue weighted by Crippen LogP contribution is 2.20. The average molecular weight is 285 g/mol. The van der Waals surface area contributed by atoms with Crippen molar-refractivity contribution < 1.29 is 4.79 Å². The Labute approximate surface area is 114 Å². The number of hydrogen-bond donors (Lipinski definition) is 2. The van der Waals surface area contributed by atoms with Crippen LogP contribution in [0.5, 0.6) is 0 Å². The zero-order valence-electron chi connectivity index (χ0n) is 9.28. The molecule has 7 heteroatoms. The first-order valence-electron chi connectivity index (χ1n) is 5.24. The number of nitrogens with one attached hydrogen (secondary N) is 2. The van der Waals surface area contributed by atoms with Gasteiger partial charge in [0.25, 0.3) is 5.91 Å². The zero-order chi connectivity index (χ0) is 13.0. The number of carbonyl (C=O) groups is 1. The molecule has 0 radical (unpaired) electrons. The number of H-pyrrole nitrogens is 1. The molecule has 1 aromatic carbocycles. The lowest BCUT2D eigenvalue weighted by molar-refractivity contribution is 0.0944. The standard InChI is InChI=1S/C11H10Cl2N4O/c12-8-2-1-7(9(13)5-8)3-4-14-11(18)10-15-6-16-17-10/h1-2,5-6H,3-4H2,(H,14,18)(H,15,16,17). The molecule has 0 spiro atoms. The van der Waals surface area contributed by atoms with Gasteiger partial charge in [-0.3, -0.25) is 9.89 Å². The molecule has 0 fully saturated rings. The predicted octanol–water partition coefficient (Wildman–Crippen LogP) is 2.08. The number of nitrogens with zero attached hydrogens (tertiary/aromatic N) is 2. The minimum Gasteiger partial charge on any atom is -0.349 e. The SMILES string of the molecule is O=C(NCCc1ccc(Cl)cc1Cl)c1ncn[nH]1. The van der Waals surface area contributed by atoms with Crippen LogP contribution in [0.2, 0.25) is 10.0 Å². The van der Waals surface area contributed by atoms with Gasteiger partial charge in [0.1, 0.15) is 6.33 Å². The molecule has 0 aliphatic heterocycles. The van der Waals surface area contributed by atoms with Crippen LogP contribution >= 0.6 is 23.2 Å². The van der Waals surface area contributed by atoms with Crippen LogP contribution in [0.15, 0.2) is 24.5 Å². The van der Waals surface area contributed by atoms with Crippen molar-refractivity contribution >= 4 is 29.1 Å². The maximum atomic E-state index is 11.5. The summed E-state index contributed by atoms with van der Waals surface area (Å²) in [5.41, 5.74) is 0.930. The van der Waals surface area contributed by atoms with Crippen molar-refractivity contribution in [2.24, 2.45) is 0 Å². The van der Waals surface area contributed by atoms with Gasteiger partial charge in [-0.1, -0.05) is 29.3 Å². The second-order valence-electron chi connectivity index (χ2n) is 3.58. The number of rotatable bonds is 4. The molecule has 0 aliphatic carbocycles. The van der Waals surface area contributed by atoms with Crippen LogP contribution in [-0.4, -0.2) is 27.6 Å². The first-order chi connectivity index (χ1) is 8.66. The summed E-state index contributed by atoms with van der Waals surface area (Å²) in [7, 11) is 0.